The van der Waals surface area contributed by atoms with Gasteiger partial charge in [0, 0.05) is 22.4 Å². The van der Waals surface area contributed by atoms with Crippen LogP contribution in [-0.2, 0) is 6.54 Å². The van der Waals surface area contributed by atoms with E-state index in [9.17, 15) is 8.78 Å². The van der Waals surface area contributed by atoms with Gasteiger partial charge in [-0.3, -0.25) is 9.36 Å². The van der Waals surface area contributed by atoms with Crippen molar-refractivity contribution in [3.05, 3.63) is 71.3 Å². The number of fused-ring (bicyclic) bond motifs is 1. The first-order valence-electron chi connectivity index (χ1n) is 8.64. The number of hydrogen-bond donors (Lipinski definition) is 1. The number of hydrogen-bond acceptors (Lipinski definition) is 4. The van der Waals surface area contributed by atoms with Crippen molar-refractivity contribution in [3.8, 4) is 0 Å². The normalized spacial score (nSPS) is 13.7. The molecule has 4 aromatic rings. The van der Waals surface area contributed by atoms with E-state index in [1.807, 2.05) is 13.0 Å². The fourth-order valence-electron chi connectivity index (χ4n) is 3.46. The Morgan fingerprint density at radius 1 is 1.18 bits per heavy atom. The van der Waals surface area contributed by atoms with Gasteiger partial charge < -0.3 is 5.73 Å². The van der Waals surface area contributed by atoms with Crippen LogP contribution in [0.1, 0.15) is 24.4 Å². The summed E-state index contributed by atoms with van der Waals surface area (Å²) in [6.45, 7) is 2.24. The second-order valence-corrected chi connectivity index (χ2v) is 7.06. The monoisotopic (exact) mass is 402 g/mol. The standard InChI is InChI=1S/C19H17ClF2N6/c1-11(28-18-5-2-12(20)6-15(18)19(23)26-28)16(8-27-10-24-9-25-27)14-4-3-13(21)7-17(14)22/h2-7,9-11,16H,8H2,1H3,(H2,23,26)/t11-,16-/m1/s1. The Labute approximate surface area is 164 Å². The van der Waals surface area contributed by atoms with Crippen LogP contribution in [0.25, 0.3) is 10.9 Å². The first-order valence-corrected chi connectivity index (χ1v) is 9.02. The van der Waals surface area contributed by atoms with E-state index in [4.69, 9.17) is 17.3 Å². The van der Waals surface area contributed by atoms with Gasteiger partial charge in [-0.15, -0.1) is 0 Å². The lowest BCUT2D eigenvalue weighted by atomic mass is 9.91. The second-order valence-electron chi connectivity index (χ2n) is 6.62. The largest absolute Gasteiger partial charge is 0.382 e. The Morgan fingerprint density at radius 2 is 2.00 bits per heavy atom. The highest BCUT2D eigenvalue weighted by atomic mass is 35.5. The van der Waals surface area contributed by atoms with E-state index in [2.05, 4.69) is 15.2 Å². The van der Waals surface area contributed by atoms with Crippen LogP contribution in [0.3, 0.4) is 0 Å². The Kier molecular flexibility index (Phi) is 4.72. The van der Waals surface area contributed by atoms with Crippen LogP contribution >= 0.6 is 11.6 Å². The van der Waals surface area contributed by atoms with Crippen molar-refractivity contribution in [1.82, 2.24) is 24.5 Å². The van der Waals surface area contributed by atoms with E-state index in [0.717, 1.165) is 17.0 Å². The summed E-state index contributed by atoms with van der Waals surface area (Å²) < 4.78 is 31.4. The third-order valence-corrected chi connectivity index (χ3v) is 5.11. The van der Waals surface area contributed by atoms with Crippen molar-refractivity contribution in [2.45, 2.75) is 25.4 Å². The maximum absolute atomic E-state index is 14.6. The van der Waals surface area contributed by atoms with Crippen molar-refractivity contribution in [2.75, 3.05) is 5.73 Å². The molecule has 2 heterocycles. The molecule has 144 valence electrons. The van der Waals surface area contributed by atoms with Gasteiger partial charge in [-0.2, -0.15) is 10.2 Å². The van der Waals surface area contributed by atoms with Crippen molar-refractivity contribution in [2.24, 2.45) is 0 Å². The highest BCUT2D eigenvalue weighted by Crippen LogP contribution is 2.35. The van der Waals surface area contributed by atoms with Crippen molar-refractivity contribution >= 4 is 28.3 Å². The summed E-state index contributed by atoms with van der Waals surface area (Å²) in [5.74, 6) is -1.31. The highest BCUT2D eigenvalue weighted by molar-refractivity contribution is 6.31. The summed E-state index contributed by atoms with van der Waals surface area (Å²) in [6.07, 6.45) is 2.96. The Bertz CT molecular complexity index is 1130. The van der Waals surface area contributed by atoms with Crippen LogP contribution < -0.4 is 5.73 Å². The third kappa shape index (κ3) is 3.31. The van der Waals surface area contributed by atoms with Crippen molar-refractivity contribution in [3.63, 3.8) is 0 Å². The minimum Gasteiger partial charge on any atom is -0.382 e. The van der Waals surface area contributed by atoms with Crippen LogP contribution in [0.15, 0.2) is 49.1 Å². The molecule has 0 aliphatic heterocycles. The summed E-state index contributed by atoms with van der Waals surface area (Å²) in [5, 5.41) is 9.84. The zero-order chi connectivity index (χ0) is 19.8. The molecule has 4 rings (SSSR count). The predicted octanol–water partition coefficient (Wildman–Crippen LogP) is 4.19. The number of anilines is 1. The highest BCUT2D eigenvalue weighted by Gasteiger charge is 2.27. The Balaban J connectivity index is 1.82. The van der Waals surface area contributed by atoms with Gasteiger partial charge in [-0.1, -0.05) is 17.7 Å². The topological polar surface area (TPSA) is 74.5 Å². The number of nitrogens with zero attached hydrogens (tertiary/aromatic N) is 5. The molecule has 2 aromatic heterocycles. The molecule has 0 radical (unpaired) electrons. The molecule has 28 heavy (non-hydrogen) atoms. The quantitative estimate of drug-likeness (QED) is 0.543. The average Bonchev–Trinajstić information content (AvgIpc) is 3.28. The first kappa shape index (κ1) is 18.4. The third-order valence-electron chi connectivity index (χ3n) is 4.88. The second kappa shape index (κ2) is 7.20. The van der Waals surface area contributed by atoms with Crippen molar-refractivity contribution in [1.29, 1.82) is 0 Å². The van der Waals surface area contributed by atoms with Gasteiger partial charge in [0.1, 0.15) is 24.3 Å². The van der Waals surface area contributed by atoms with Gasteiger partial charge in [0.25, 0.3) is 0 Å². The summed E-state index contributed by atoms with van der Waals surface area (Å²) in [6, 6.07) is 8.58. The molecule has 0 saturated carbocycles. The maximum Gasteiger partial charge on any atom is 0.153 e. The smallest absolute Gasteiger partial charge is 0.153 e. The molecule has 0 aliphatic carbocycles. The lowest BCUT2D eigenvalue weighted by Crippen LogP contribution is -2.22. The number of benzene rings is 2. The molecule has 0 saturated heterocycles. The average molecular weight is 403 g/mol. The van der Waals surface area contributed by atoms with Gasteiger partial charge in [0.15, 0.2) is 5.82 Å². The van der Waals surface area contributed by atoms with Gasteiger partial charge >= 0.3 is 0 Å². The van der Waals surface area contributed by atoms with Crippen LogP contribution in [-0.4, -0.2) is 24.5 Å². The molecule has 2 atom stereocenters. The molecule has 0 aliphatic rings. The van der Waals surface area contributed by atoms with E-state index < -0.39 is 17.6 Å². The van der Waals surface area contributed by atoms with E-state index in [1.165, 1.54) is 18.5 Å². The van der Waals surface area contributed by atoms with Gasteiger partial charge in [0.05, 0.1) is 18.1 Å². The zero-order valence-electron chi connectivity index (χ0n) is 14.9. The molecular weight excluding hydrogens is 386 g/mol. The van der Waals surface area contributed by atoms with E-state index in [-0.39, 0.29) is 6.04 Å². The van der Waals surface area contributed by atoms with Crippen molar-refractivity contribution < 1.29 is 8.78 Å². The Hall–Kier alpha value is -3.00. The molecule has 2 aromatic carbocycles. The van der Waals surface area contributed by atoms with Crippen LogP contribution in [0.5, 0.6) is 0 Å². The number of nitrogens with two attached hydrogens (primary N) is 1. The maximum atomic E-state index is 14.6. The zero-order valence-corrected chi connectivity index (χ0v) is 15.7. The number of nitrogen functional groups attached to an aromatic ring is 1. The summed E-state index contributed by atoms with van der Waals surface area (Å²) >= 11 is 6.07. The van der Waals surface area contributed by atoms with Gasteiger partial charge in [0.2, 0.25) is 0 Å². The molecule has 2 N–H and O–H groups in total. The SMILES string of the molecule is C[C@H]([C@@H](Cn1cncn1)c1ccc(F)cc1F)n1nc(N)c2cc(Cl)ccc21. The number of rotatable bonds is 5. The van der Waals surface area contributed by atoms with E-state index in [0.29, 0.717) is 22.9 Å². The molecule has 0 fully saturated rings. The fraction of sp³-hybridized carbons (Fsp3) is 0.211. The molecule has 0 unspecified atom stereocenters. The number of aromatic nitrogens is 5. The van der Waals surface area contributed by atoms with Crippen LogP contribution in [0, 0.1) is 11.6 Å². The summed E-state index contributed by atoms with van der Waals surface area (Å²) in [7, 11) is 0. The van der Waals surface area contributed by atoms with E-state index in [1.54, 1.807) is 27.8 Å². The van der Waals surface area contributed by atoms with Gasteiger partial charge in [-0.05, 0) is 36.8 Å². The molecule has 0 bridgehead atoms. The summed E-state index contributed by atoms with van der Waals surface area (Å²) in [4.78, 5) is 3.94. The fourth-order valence-corrected chi connectivity index (χ4v) is 3.63. The molecule has 6 nitrogen and oxygen atoms in total. The minimum absolute atomic E-state index is 0.315. The minimum atomic E-state index is -0.628. The van der Waals surface area contributed by atoms with Gasteiger partial charge in [-0.25, -0.2) is 13.8 Å². The van der Waals surface area contributed by atoms with Crippen LogP contribution in [0.2, 0.25) is 5.02 Å². The molecule has 9 heteroatoms. The van der Waals surface area contributed by atoms with Crippen LogP contribution in [0.4, 0.5) is 14.6 Å². The molecule has 0 spiro atoms. The first-order chi connectivity index (χ1) is 13.4. The van der Waals surface area contributed by atoms with E-state index >= 15 is 0 Å². The lowest BCUT2D eigenvalue weighted by Gasteiger charge is -2.26. The predicted molar refractivity (Wildman–Crippen MR) is 103 cm³/mol. The Morgan fingerprint density at radius 3 is 2.71 bits per heavy atom. The number of halogens is 3. The summed E-state index contributed by atoms with van der Waals surface area (Å²) in [5.41, 5.74) is 7.21. The lowest BCUT2D eigenvalue weighted by molar-refractivity contribution is 0.358. The molecular formula is C19H17ClF2N6. The molecule has 0 amide bonds.